The second-order valence-corrected chi connectivity index (χ2v) is 6.92. The van der Waals surface area contributed by atoms with Gasteiger partial charge in [-0.1, -0.05) is 12.1 Å². The van der Waals surface area contributed by atoms with Crippen molar-refractivity contribution < 1.29 is 19.1 Å². The van der Waals surface area contributed by atoms with Gasteiger partial charge in [0.1, 0.15) is 5.69 Å². The van der Waals surface area contributed by atoms with Crippen LogP contribution in [0.1, 0.15) is 54.9 Å². The molecule has 0 spiro atoms. The molecule has 0 aliphatic carbocycles. The van der Waals surface area contributed by atoms with Gasteiger partial charge in [-0.3, -0.25) is 14.6 Å². The molecule has 3 N–H and O–H groups in total. The number of aromatic nitrogens is 2. The van der Waals surface area contributed by atoms with E-state index in [-0.39, 0.29) is 25.0 Å². The number of amides is 2. The van der Waals surface area contributed by atoms with Crippen molar-refractivity contribution in [3.8, 4) is 0 Å². The second kappa shape index (κ2) is 9.71. The molecule has 2 amide bonds. The first kappa shape index (κ1) is 21.8. The van der Waals surface area contributed by atoms with Crippen molar-refractivity contribution in [3.63, 3.8) is 0 Å². The van der Waals surface area contributed by atoms with Crippen LogP contribution < -0.4 is 10.6 Å². The zero-order valence-electron chi connectivity index (χ0n) is 17.6. The number of hydrogen-bond acceptors (Lipinski definition) is 5. The molecule has 2 aromatic heterocycles. The molecule has 0 saturated heterocycles. The van der Waals surface area contributed by atoms with E-state index in [4.69, 9.17) is 4.74 Å². The Morgan fingerprint density at radius 2 is 1.81 bits per heavy atom. The summed E-state index contributed by atoms with van der Waals surface area (Å²) in [5.41, 5.74) is 3.77. The Bertz CT molecular complexity index is 1110. The normalized spacial score (nSPS) is 10.4. The first-order valence-electron chi connectivity index (χ1n) is 9.85. The van der Waals surface area contributed by atoms with E-state index in [9.17, 15) is 14.4 Å². The second-order valence-electron chi connectivity index (χ2n) is 6.92. The van der Waals surface area contributed by atoms with Crippen molar-refractivity contribution >= 4 is 23.5 Å². The Morgan fingerprint density at radius 1 is 1.06 bits per heavy atom. The minimum absolute atomic E-state index is 0.243. The number of pyridine rings is 1. The number of nitrogens with one attached hydrogen (secondary N) is 3. The summed E-state index contributed by atoms with van der Waals surface area (Å²) in [6.45, 7) is 5.68. The maximum Gasteiger partial charge on any atom is 0.340 e. The van der Waals surface area contributed by atoms with Gasteiger partial charge in [-0.2, -0.15) is 0 Å². The smallest absolute Gasteiger partial charge is 0.340 e. The lowest BCUT2D eigenvalue weighted by Crippen LogP contribution is -2.24. The Morgan fingerprint density at radius 3 is 2.52 bits per heavy atom. The fourth-order valence-corrected chi connectivity index (χ4v) is 3.22. The highest BCUT2D eigenvalue weighted by molar-refractivity contribution is 6.04. The lowest BCUT2D eigenvalue weighted by Gasteiger charge is -2.09. The number of rotatable bonds is 7. The minimum atomic E-state index is -0.453. The van der Waals surface area contributed by atoms with Gasteiger partial charge in [0.05, 0.1) is 12.2 Å². The molecule has 31 heavy (non-hydrogen) atoms. The monoisotopic (exact) mass is 420 g/mol. The van der Waals surface area contributed by atoms with Crippen molar-refractivity contribution in [2.45, 2.75) is 27.3 Å². The lowest BCUT2D eigenvalue weighted by atomic mass is 10.1. The summed E-state index contributed by atoms with van der Waals surface area (Å²) in [5.74, 6) is -1.03. The summed E-state index contributed by atoms with van der Waals surface area (Å²) in [6, 6.07) is 10.5. The van der Waals surface area contributed by atoms with E-state index in [1.807, 2.05) is 6.07 Å². The van der Waals surface area contributed by atoms with E-state index in [1.165, 1.54) is 0 Å². The van der Waals surface area contributed by atoms with E-state index < -0.39 is 5.97 Å². The van der Waals surface area contributed by atoms with Gasteiger partial charge in [0.15, 0.2) is 0 Å². The predicted octanol–water partition coefficient (Wildman–Crippen LogP) is 3.39. The highest BCUT2D eigenvalue weighted by Crippen LogP contribution is 2.19. The molecule has 0 bridgehead atoms. The summed E-state index contributed by atoms with van der Waals surface area (Å²) in [6.07, 6.45) is 3.11. The molecule has 1 aromatic carbocycles. The van der Waals surface area contributed by atoms with Gasteiger partial charge in [0, 0.05) is 35.9 Å². The van der Waals surface area contributed by atoms with Gasteiger partial charge < -0.3 is 20.4 Å². The molecule has 160 valence electrons. The van der Waals surface area contributed by atoms with Crippen LogP contribution in [0.3, 0.4) is 0 Å². The van der Waals surface area contributed by atoms with Gasteiger partial charge in [-0.05, 0) is 56.2 Å². The summed E-state index contributed by atoms with van der Waals surface area (Å²) >= 11 is 0. The molecule has 8 heteroatoms. The number of aryl methyl sites for hydroxylation is 1. The zero-order chi connectivity index (χ0) is 22.4. The van der Waals surface area contributed by atoms with Crippen molar-refractivity contribution in [3.05, 3.63) is 82.4 Å². The first-order valence-corrected chi connectivity index (χ1v) is 9.85. The molecule has 0 aliphatic rings. The Kier molecular flexibility index (Phi) is 6.81. The van der Waals surface area contributed by atoms with E-state index >= 15 is 0 Å². The maximum atomic E-state index is 12.7. The average Bonchev–Trinajstić information content (AvgIpc) is 3.07. The third kappa shape index (κ3) is 5.16. The predicted molar refractivity (Wildman–Crippen MR) is 116 cm³/mol. The van der Waals surface area contributed by atoms with E-state index in [2.05, 4.69) is 20.6 Å². The topological polar surface area (TPSA) is 113 Å². The summed E-state index contributed by atoms with van der Waals surface area (Å²) in [4.78, 5) is 43.9. The molecule has 0 fully saturated rings. The molecule has 0 unspecified atom stereocenters. The van der Waals surface area contributed by atoms with Gasteiger partial charge in [0.2, 0.25) is 0 Å². The van der Waals surface area contributed by atoms with Gasteiger partial charge in [-0.15, -0.1) is 0 Å². The van der Waals surface area contributed by atoms with Gasteiger partial charge in [0.25, 0.3) is 11.8 Å². The number of anilines is 1. The van der Waals surface area contributed by atoms with Gasteiger partial charge >= 0.3 is 5.97 Å². The third-order valence-corrected chi connectivity index (χ3v) is 4.72. The molecule has 0 saturated carbocycles. The molecule has 0 radical (unpaired) electrons. The van der Waals surface area contributed by atoms with Crippen LogP contribution in [0.25, 0.3) is 0 Å². The molecule has 0 aliphatic heterocycles. The highest BCUT2D eigenvalue weighted by atomic mass is 16.5. The summed E-state index contributed by atoms with van der Waals surface area (Å²) in [5, 5.41) is 5.66. The van der Waals surface area contributed by atoms with Crippen LogP contribution in [-0.2, 0) is 11.3 Å². The molecule has 2 heterocycles. The molecular formula is C23H24N4O4. The molecule has 3 rings (SSSR count). The van der Waals surface area contributed by atoms with Crippen molar-refractivity contribution in [2.75, 3.05) is 11.9 Å². The SMILES string of the molecule is CCOC(=O)c1c(C)[nH]c(C(=O)NCc2cccc(NC(=O)c3ccncc3)c2)c1C. The molecular weight excluding hydrogens is 396 g/mol. The van der Waals surface area contributed by atoms with Crippen molar-refractivity contribution in [1.29, 1.82) is 0 Å². The number of aromatic amines is 1. The molecule has 0 atom stereocenters. The number of esters is 1. The largest absolute Gasteiger partial charge is 0.462 e. The molecule has 8 nitrogen and oxygen atoms in total. The minimum Gasteiger partial charge on any atom is -0.462 e. The van der Waals surface area contributed by atoms with Crippen LogP contribution in [0.4, 0.5) is 5.69 Å². The van der Waals surface area contributed by atoms with Crippen LogP contribution in [-0.4, -0.2) is 34.4 Å². The number of benzene rings is 1. The Labute approximate surface area is 180 Å². The van der Waals surface area contributed by atoms with Gasteiger partial charge in [-0.25, -0.2) is 4.79 Å². The standard InChI is InChI=1S/C23H24N4O4/c1-4-31-23(30)19-14(2)20(26-15(19)3)22(29)25-13-16-6-5-7-18(12-16)27-21(28)17-8-10-24-11-9-17/h5-12,26H,4,13H2,1-3H3,(H,25,29)(H,27,28). The van der Waals surface area contributed by atoms with Crippen LogP contribution in [0.15, 0.2) is 48.8 Å². The lowest BCUT2D eigenvalue weighted by molar-refractivity contribution is 0.0525. The van der Waals surface area contributed by atoms with Crippen LogP contribution in [0.2, 0.25) is 0 Å². The quantitative estimate of drug-likeness (QED) is 0.507. The number of H-pyrrole nitrogens is 1. The van der Waals surface area contributed by atoms with E-state index in [0.29, 0.717) is 33.8 Å². The number of carbonyl (C=O) groups is 3. The Hall–Kier alpha value is -3.94. The van der Waals surface area contributed by atoms with Crippen LogP contribution in [0.5, 0.6) is 0 Å². The zero-order valence-corrected chi connectivity index (χ0v) is 17.6. The molecule has 3 aromatic rings. The maximum absolute atomic E-state index is 12.7. The third-order valence-electron chi connectivity index (χ3n) is 4.72. The van der Waals surface area contributed by atoms with Crippen LogP contribution in [0, 0.1) is 13.8 Å². The van der Waals surface area contributed by atoms with Crippen molar-refractivity contribution in [1.82, 2.24) is 15.3 Å². The average molecular weight is 420 g/mol. The van der Waals surface area contributed by atoms with Crippen LogP contribution >= 0.6 is 0 Å². The fourth-order valence-electron chi connectivity index (χ4n) is 3.22. The first-order chi connectivity index (χ1) is 14.9. The summed E-state index contributed by atoms with van der Waals surface area (Å²) in [7, 11) is 0. The fraction of sp³-hybridized carbons (Fsp3) is 0.217. The summed E-state index contributed by atoms with van der Waals surface area (Å²) < 4.78 is 5.06. The highest BCUT2D eigenvalue weighted by Gasteiger charge is 2.22. The van der Waals surface area contributed by atoms with E-state index in [0.717, 1.165) is 5.56 Å². The number of nitrogens with zero attached hydrogens (tertiary/aromatic N) is 1. The number of ether oxygens (including phenoxy) is 1. The Balaban J connectivity index is 1.66. The van der Waals surface area contributed by atoms with E-state index in [1.54, 1.807) is 63.5 Å². The number of hydrogen-bond donors (Lipinski definition) is 3. The number of carbonyl (C=O) groups excluding carboxylic acids is 3. The van der Waals surface area contributed by atoms with Crippen molar-refractivity contribution in [2.24, 2.45) is 0 Å².